The lowest BCUT2D eigenvalue weighted by Crippen LogP contribution is -2.50. The van der Waals surface area contributed by atoms with Crippen molar-refractivity contribution in [3.63, 3.8) is 0 Å². The lowest BCUT2D eigenvalue weighted by atomic mass is 10.0. The van der Waals surface area contributed by atoms with Gasteiger partial charge in [-0.2, -0.15) is 0 Å². The van der Waals surface area contributed by atoms with E-state index in [1.807, 2.05) is 12.1 Å². The quantitative estimate of drug-likeness (QED) is 0.855. The van der Waals surface area contributed by atoms with Gasteiger partial charge in [0.25, 0.3) is 0 Å². The number of rotatable bonds is 5. The molecule has 1 aliphatic heterocycles. The highest BCUT2D eigenvalue weighted by Gasteiger charge is 2.24. The second-order valence-corrected chi connectivity index (χ2v) is 5.24. The molecule has 0 spiro atoms. The van der Waals surface area contributed by atoms with Gasteiger partial charge < -0.3 is 20.1 Å². The van der Waals surface area contributed by atoms with E-state index in [9.17, 15) is 4.79 Å². The van der Waals surface area contributed by atoms with E-state index in [2.05, 4.69) is 26.6 Å². The van der Waals surface area contributed by atoms with Gasteiger partial charge in [0.1, 0.15) is 0 Å². The number of benzene rings is 1. The average molecular weight is 329 g/mol. The van der Waals surface area contributed by atoms with Gasteiger partial charge in [0.2, 0.25) is 5.91 Å². The Balaban J connectivity index is 2.03. The van der Waals surface area contributed by atoms with Crippen LogP contribution in [0, 0.1) is 5.92 Å². The van der Waals surface area contributed by atoms with E-state index in [0.29, 0.717) is 18.0 Å². The van der Waals surface area contributed by atoms with Crippen molar-refractivity contribution in [2.24, 2.45) is 5.92 Å². The van der Waals surface area contributed by atoms with Crippen molar-refractivity contribution in [1.29, 1.82) is 0 Å². The van der Waals surface area contributed by atoms with Gasteiger partial charge >= 0.3 is 0 Å². The molecule has 1 heterocycles. The third-order valence-corrected chi connectivity index (χ3v) is 3.70. The number of halogens is 1. The molecule has 1 fully saturated rings. The van der Waals surface area contributed by atoms with E-state index in [1.54, 1.807) is 14.2 Å². The van der Waals surface area contributed by atoms with Crippen LogP contribution >= 0.6 is 15.9 Å². The van der Waals surface area contributed by atoms with Crippen LogP contribution in [0.15, 0.2) is 16.6 Å². The minimum Gasteiger partial charge on any atom is -0.493 e. The maximum absolute atomic E-state index is 11.7. The fourth-order valence-corrected chi connectivity index (χ4v) is 2.53. The van der Waals surface area contributed by atoms with Crippen LogP contribution in [0.4, 0.5) is 0 Å². The van der Waals surface area contributed by atoms with Crippen molar-refractivity contribution in [3.05, 3.63) is 22.2 Å². The summed E-state index contributed by atoms with van der Waals surface area (Å²) in [6.45, 7) is 2.01. The summed E-state index contributed by atoms with van der Waals surface area (Å²) < 4.78 is 11.3. The standard InChI is InChI=1S/C13H17BrN2O3/c1-18-11-4-8(3-10(14)12(11)19-2)5-16-13(17)9-6-15-7-9/h3-4,9,15H,5-7H2,1-2H3,(H,16,17). The molecule has 0 aliphatic carbocycles. The van der Waals surface area contributed by atoms with E-state index in [1.165, 1.54) is 0 Å². The zero-order chi connectivity index (χ0) is 13.8. The lowest BCUT2D eigenvalue weighted by molar-refractivity contribution is -0.126. The van der Waals surface area contributed by atoms with Gasteiger partial charge in [0.05, 0.1) is 24.6 Å². The summed E-state index contributed by atoms with van der Waals surface area (Å²) >= 11 is 3.43. The first-order valence-corrected chi connectivity index (χ1v) is 6.83. The summed E-state index contributed by atoms with van der Waals surface area (Å²) in [6.07, 6.45) is 0. The maximum atomic E-state index is 11.7. The van der Waals surface area contributed by atoms with Crippen LogP contribution in [0.5, 0.6) is 11.5 Å². The van der Waals surface area contributed by atoms with Crippen molar-refractivity contribution >= 4 is 21.8 Å². The molecular formula is C13H17BrN2O3. The number of hydrogen-bond donors (Lipinski definition) is 2. The molecule has 0 bridgehead atoms. The van der Waals surface area contributed by atoms with Gasteiger partial charge in [-0.15, -0.1) is 0 Å². The van der Waals surface area contributed by atoms with Crippen LogP contribution in [-0.2, 0) is 11.3 Å². The Hall–Kier alpha value is -1.27. The zero-order valence-corrected chi connectivity index (χ0v) is 12.5. The van der Waals surface area contributed by atoms with Crippen LogP contribution in [0.2, 0.25) is 0 Å². The molecule has 0 radical (unpaired) electrons. The van der Waals surface area contributed by atoms with Crippen LogP contribution < -0.4 is 20.1 Å². The zero-order valence-electron chi connectivity index (χ0n) is 11.0. The lowest BCUT2D eigenvalue weighted by Gasteiger charge is -2.25. The molecule has 0 atom stereocenters. The minimum absolute atomic E-state index is 0.0876. The van der Waals surface area contributed by atoms with Crippen LogP contribution in [0.25, 0.3) is 0 Å². The normalized spacial score (nSPS) is 14.7. The minimum atomic E-state index is 0.0876. The fourth-order valence-electron chi connectivity index (χ4n) is 1.88. The SMILES string of the molecule is COc1cc(CNC(=O)C2CNC2)cc(Br)c1OC. The summed E-state index contributed by atoms with van der Waals surface area (Å²) in [7, 11) is 3.18. The van der Waals surface area contributed by atoms with Gasteiger partial charge in [-0.1, -0.05) is 0 Å². The highest BCUT2D eigenvalue weighted by atomic mass is 79.9. The molecule has 0 aromatic heterocycles. The van der Waals surface area contributed by atoms with Crippen LogP contribution in [0.3, 0.4) is 0 Å². The third-order valence-electron chi connectivity index (χ3n) is 3.11. The molecule has 1 aromatic carbocycles. The van der Waals surface area contributed by atoms with Gasteiger partial charge in [0, 0.05) is 19.6 Å². The molecule has 1 aromatic rings. The number of hydrogen-bond acceptors (Lipinski definition) is 4. The van der Waals surface area contributed by atoms with E-state index >= 15 is 0 Å². The van der Waals surface area contributed by atoms with E-state index in [4.69, 9.17) is 9.47 Å². The van der Waals surface area contributed by atoms with Crippen molar-refractivity contribution in [2.45, 2.75) is 6.54 Å². The Morgan fingerprint density at radius 2 is 2.16 bits per heavy atom. The number of carbonyl (C=O) groups is 1. The Kier molecular flexibility index (Phi) is 4.66. The molecular weight excluding hydrogens is 312 g/mol. The van der Waals surface area contributed by atoms with Gasteiger partial charge in [-0.3, -0.25) is 4.79 Å². The number of ether oxygens (including phenoxy) is 2. The van der Waals surface area contributed by atoms with E-state index in [-0.39, 0.29) is 11.8 Å². The van der Waals surface area contributed by atoms with E-state index < -0.39 is 0 Å². The van der Waals surface area contributed by atoms with E-state index in [0.717, 1.165) is 23.1 Å². The smallest absolute Gasteiger partial charge is 0.225 e. The van der Waals surface area contributed by atoms with Crippen molar-refractivity contribution in [2.75, 3.05) is 27.3 Å². The molecule has 104 valence electrons. The number of methoxy groups -OCH3 is 2. The highest BCUT2D eigenvalue weighted by molar-refractivity contribution is 9.10. The van der Waals surface area contributed by atoms with Crippen LogP contribution in [-0.4, -0.2) is 33.2 Å². The largest absolute Gasteiger partial charge is 0.493 e. The molecule has 1 saturated heterocycles. The Bertz CT molecular complexity index is 475. The predicted molar refractivity (Wildman–Crippen MR) is 75.5 cm³/mol. The first kappa shape index (κ1) is 14.1. The topological polar surface area (TPSA) is 59.6 Å². The van der Waals surface area contributed by atoms with Gasteiger partial charge in [0.15, 0.2) is 11.5 Å². The number of nitrogens with one attached hydrogen (secondary N) is 2. The summed E-state index contributed by atoms with van der Waals surface area (Å²) in [6, 6.07) is 3.78. The Morgan fingerprint density at radius 1 is 1.42 bits per heavy atom. The summed E-state index contributed by atoms with van der Waals surface area (Å²) in [5.74, 6) is 1.49. The molecule has 0 saturated carbocycles. The summed E-state index contributed by atoms with van der Waals surface area (Å²) in [5.41, 5.74) is 0.963. The molecule has 1 aliphatic rings. The molecule has 6 heteroatoms. The Labute approximate surface area is 120 Å². The highest BCUT2D eigenvalue weighted by Crippen LogP contribution is 2.36. The molecule has 2 rings (SSSR count). The molecule has 19 heavy (non-hydrogen) atoms. The monoisotopic (exact) mass is 328 g/mol. The first-order valence-electron chi connectivity index (χ1n) is 6.04. The third kappa shape index (κ3) is 3.19. The number of amides is 1. The van der Waals surface area contributed by atoms with Gasteiger partial charge in [-0.05, 0) is 33.6 Å². The maximum Gasteiger partial charge on any atom is 0.225 e. The molecule has 1 amide bonds. The second-order valence-electron chi connectivity index (χ2n) is 4.39. The summed E-state index contributed by atoms with van der Waals surface area (Å²) in [5, 5.41) is 6.00. The second kappa shape index (κ2) is 6.25. The average Bonchev–Trinajstić information content (AvgIpc) is 2.33. The first-order chi connectivity index (χ1) is 9.15. The molecule has 0 unspecified atom stereocenters. The van der Waals surface area contributed by atoms with Crippen LogP contribution in [0.1, 0.15) is 5.56 Å². The number of carbonyl (C=O) groups excluding carboxylic acids is 1. The Morgan fingerprint density at radius 3 is 2.68 bits per heavy atom. The molecule has 2 N–H and O–H groups in total. The van der Waals surface area contributed by atoms with Crippen molar-refractivity contribution in [1.82, 2.24) is 10.6 Å². The predicted octanol–water partition coefficient (Wildman–Crippen LogP) is 1.30. The van der Waals surface area contributed by atoms with Crippen molar-refractivity contribution in [3.8, 4) is 11.5 Å². The summed E-state index contributed by atoms with van der Waals surface area (Å²) in [4.78, 5) is 11.7. The van der Waals surface area contributed by atoms with Gasteiger partial charge in [-0.25, -0.2) is 0 Å². The molecule has 5 nitrogen and oxygen atoms in total. The van der Waals surface area contributed by atoms with Crippen molar-refractivity contribution < 1.29 is 14.3 Å². The fraction of sp³-hybridized carbons (Fsp3) is 0.462.